The van der Waals surface area contributed by atoms with Gasteiger partial charge in [0.05, 0.1) is 0 Å². The molecule has 2 fully saturated rings. The predicted molar refractivity (Wildman–Crippen MR) is 105 cm³/mol. The monoisotopic (exact) mass is 343 g/mol. The first-order chi connectivity index (χ1) is 11.8. The van der Waals surface area contributed by atoms with Crippen LogP contribution in [-0.4, -0.2) is 43.0 Å². The standard InChI is InChI=1S/C21H33N3O/c1-16(25)22-18-5-7-19(8-6-18)23-13-10-20(11-14-23)24-12-9-17(15-24)21(2,3)4/h5-8,17,20H,9-15H2,1-4H3,(H,22,25). The van der Waals surface area contributed by atoms with Gasteiger partial charge in [-0.2, -0.15) is 0 Å². The Morgan fingerprint density at radius 1 is 1.04 bits per heavy atom. The number of hydrogen-bond donors (Lipinski definition) is 1. The first-order valence-corrected chi connectivity index (χ1v) is 9.69. The number of nitrogens with one attached hydrogen (secondary N) is 1. The lowest BCUT2D eigenvalue weighted by atomic mass is 9.80. The van der Waals surface area contributed by atoms with Gasteiger partial charge in [0, 0.05) is 44.0 Å². The molecular formula is C21H33N3O. The van der Waals surface area contributed by atoms with Crippen LogP contribution in [-0.2, 0) is 4.79 Å². The molecule has 1 unspecified atom stereocenters. The van der Waals surface area contributed by atoms with E-state index >= 15 is 0 Å². The van der Waals surface area contributed by atoms with Crippen molar-refractivity contribution in [2.45, 2.75) is 53.0 Å². The molecular weight excluding hydrogens is 310 g/mol. The van der Waals surface area contributed by atoms with Gasteiger partial charge in [0.25, 0.3) is 0 Å². The van der Waals surface area contributed by atoms with Gasteiger partial charge in [-0.3, -0.25) is 9.69 Å². The maximum Gasteiger partial charge on any atom is 0.221 e. The lowest BCUT2D eigenvalue weighted by Crippen LogP contribution is -2.44. The van der Waals surface area contributed by atoms with Crippen LogP contribution in [0.5, 0.6) is 0 Å². The van der Waals surface area contributed by atoms with Gasteiger partial charge in [0.1, 0.15) is 0 Å². The quantitative estimate of drug-likeness (QED) is 0.901. The molecule has 1 aromatic rings. The second-order valence-corrected chi connectivity index (χ2v) is 8.79. The Balaban J connectivity index is 1.51. The van der Waals surface area contributed by atoms with Crippen LogP contribution < -0.4 is 10.2 Å². The van der Waals surface area contributed by atoms with E-state index in [0.29, 0.717) is 5.41 Å². The Morgan fingerprint density at radius 2 is 1.68 bits per heavy atom. The average Bonchev–Trinajstić information content (AvgIpc) is 3.05. The van der Waals surface area contributed by atoms with E-state index in [1.54, 1.807) is 6.92 Å². The molecule has 4 heteroatoms. The minimum atomic E-state index is -0.0206. The van der Waals surface area contributed by atoms with Crippen molar-refractivity contribution in [3.8, 4) is 0 Å². The second-order valence-electron chi connectivity index (χ2n) is 8.79. The van der Waals surface area contributed by atoms with Crippen molar-refractivity contribution in [2.24, 2.45) is 11.3 Å². The smallest absolute Gasteiger partial charge is 0.221 e. The molecule has 1 N–H and O–H groups in total. The van der Waals surface area contributed by atoms with Crippen LogP contribution >= 0.6 is 0 Å². The van der Waals surface area contributed by atoms with E-state index in [1.165, 1.54) is 38.0 Å². The predicted octanol–water partition coefficient (Wildman–Crippen LogP) is 3.98. The van der Waals surface area contributed by atoms with E-state index in [-0.39, 0.29) is 5.91 Å². The number of carbonyl (C=O) groups excluding carboxylic acids is 1. The van der Waals surface area contributed by atoms with Crippen molar-refractivity contribution in [3.05, 3.63) is 24.3 Å². The molecule has 1 aromatic carbocycles. The number of likely N-dealkylation sites (tertiary alicyclic amines) is 1. The number of rotatable bonds is 3. The molecule has 0 saturated carbocycles. The van der Waals surface area contributed by atoms with Crippen LogP contribution in [0.4, 0.5) is 11.4 Å². The number of hydrogen-bond acceptors (Lipinski definition) is 3. The van der Waals surface area contributed by atoms with E-state index in [9.17, 15) is 4.79 Å². The molecule has 138 valence electrons. The molecule has 0 radical (unpaired) electrons. The van der Waals surface area contributed by atoms with Gasteiger partial charge < -0.3 is 10.2 Å². The summed E-state index contributed by atoms with van der Waals surface area (Å²) in [5.41, 5.74) is 2.57. The summed E-state index contributed by atoms with van der Waals surface area (Å²) in [5.74, 6) is 0.819. The largest absolute Gasteiger partial charge is 0.371 e. The molecule has 2 aliphatic rings. The van der Waals surface area contributed by atoms with Gasteiger partial charge in [-0.15, -0.1) is 0 Å². The van der Waals surface area contributed by atoms with Crippen molar-refractivity contribution >= 4 is 17.3 Å². The zero-order valence-corrected chi connectivity index (χ0v) is 16.2. The van der Waals surface area contributed by atoms with E-state index < -0.39 is 0 Å². The minimum Gasteiger partial charge on any atom is -0.371 e. The molecule has 0 aromatic heterocycles. The van der Waals surface area contributed by atoms with Gasteiger partial charge in [-0.1, -0.05) is 20.8 Å². The lowest BCUT2D eigenvalue weighted by molar-refractivity contribution is -0.114. The highest BCUT2D eigenvalue weighted by molar-refractivity contribution is 5.88. The third kappa shape index (κ3) is 4.55. The Kier molecular flexibility index (Phi) is 5.38. The number of benzene rings is 1. The minimum absolute atomic E-state index is 0.0206. The van der Waals surface area contributed by atoms with E-state index in [4.69, 9.17) is 0 Å². The molecule has 0 aliphatic carbocycles. The van der Waals surface area contributed by atoms with Gasteiger partial charge >= 0.3 is 0 Å². The highest BCUT2D eigenvalue weighted by Gasteiger charge is 2.35. The molecule has 0 spiro atoms. The summed E-state index contributed by atoms with van der Waals surface area (Å²) >= 11 is 0. The number of amides is 1. The van der Waals surface area contributed by atoms with E-state index in [1.807, 2.05) is 12.1 Å². The highest BCUT2D eigenvalue weighted by atomic mass is 16.1. The van der Waals surface area contributed by atoms with Crippen molar-refractivity contribution in [1.29, 1.82) is 0 Å². The molecule has 2 heterocycles. The third-order valence-electron chi connectivity index (χ3n) is 5.98. The molecule has 1 atom stereocenters. The number of piperidine rings is 1. The zero-order chi connectivity index (χ0) is 18.0. The lowest BCUT2D eigenvalue weighted by Gasteiger charge is -2.38. The Hall–Kier alpha value is -1.55. The summed E-state index contributed by atoms with van der Waals surface area (Å²) in [5, 5.41) is 2.83. The topological polar surface area (TPSA) is 35.6 Å². The normalized spacial score (nSPS) is 23.0. The zero-order valence-electron chi connectivity index (χ0n) is 16.2. The second kappa shape index (κ2) is 7.36. The van der Waals surface area contributed by atoms with Crippen molar-refractivity contribution < 1.29 is 4.79 Å². The fourth-order valence-electron chi connectivity index (χ4n) is 4.27. The molecule has 3 rings (SSSR count). The van der Waals surface area contributed by atoms with Crippen LogP contribution in [0.3, 0.4) is 0 Å². The summed E-state index contributed by atoms with van der Waals surface area (Å²) in [6.07, 6.45) is 3.86. The molecule has 2 aliphatic heterocycles. The van der Waals surface area contributed by atoms with Gasteiger partial charge in [-0.25, -0.2) is 0 Å². The van der Waals surface area contributed by atoms with E-state index in [2.05, 4.69) is 48.0 Å². The molecule has 0 bridgehead atoms. The van der Waals surface area contributed by atoms with Crippen LogP contribution in [0.15, 0.2) is 24.3 Å². The van der Waals surface area contributed by atoms with Crippen LogP contribution in [0.25, 0.3) is 0 Å². The summed E-state index contributed by atoms with van der Waals surface area (Å²) in [6, 6.07) is 8.99. The Labute approximate surface area is 152 Å². The summed E-state index contributed by atoms with van der Waals surface area (Å²) in [7, 11) is 0. The number of nitrogens with zero attached hydrogens (tertiary/aromatic N) is 2. The van der Waals surface area contributed by atoms with Crippen LogP contribution in [0.2, 0.25) is 0 Å². The maximum atomic E-state index is 11.1. The fourth-order valence-corrected chi connectivity index (χ4v) is 4.27. The SMILES string of the molecule is CC(=O)Nc1ccc(N2CCC(N3CCC(C(C)(C)C)C3)CC2)cc1. The molecule has 2 saturated heterocycles. The Morgan fingerprint density at radius 3 is 2.20 bits per heavy atom. The van der Waals surface area contributed by atoms with Gasteiger partial charge in [0.15, 0.2) is 0 Å². The van der Waals surface area contributed by atoms with Gasteiger partial charge in [-0.05, 0) is 61.4 Å². The molecule has 25 heavy (non-hydrogen) atoms. The highest BCUT2D eigenvalue weighted by Crippen LogP contribution is 2.36. The van der Waals surface area contributed by atoms with Crippen LogP contribution in [0, 0.1) is 11.3 Å². The number of carbonyl (C=O) groups is 1. The van der Waals surface area contributed by atoms with Crippen LogP contribution in [0.1, 0.15) is 47.0 Å². The van der Waals surface area contributed by atoms with Gasteiger partial charge in [0.2, 0.25) is 5.91 Å². The summed E-state index contributed by atoms with van der Waals surface area (Å²) in [4.78, 5) is 16.3. The maximum absolute atomic E-state index is 11.1. The first-order valence-electron chi connectivity index (χ1n) is 9.69. The summed E-state index contributed by atoms with van der Waals surface area (Å²) < 4.78 is 0. The molecule has 4 nitrogen and oxygen atoms in total. The van der Waals surface area contributed by atoms with E-state index in [0.717, 1.165) is 30.7 Å². The fraction of sp³-hybridized carbons (Fsp3) is 0.667. The molecule has 1 amide bonds. The Bertz CT molecular complexity index is 582. The van der Waals surface area contributed by atoms with Crippen molar-refractivity contribution in [3.63, 3.8) is 0 Å². The third-order valence-corrected chi connectivity index (χ3v) is 5.98. The van der Waals surface area contributed by atoms with Crippen molar-refractivity contribution in [1.82, 2.24) is 4.90 Å². The first kappa shape index (κ1) is 18.2. The summed E-state index contributed by atoms with van der Waals surface area (Å²) in [6.45, 7) is 13.5. The number of anilines is 2. The van der Waals surface area contributed by atoms with Crippen molar-refractivity contribution in [2.75, 3.05) is 36.4 Å². The average molecular weight is 344 g/mol.